The number of rotatable bonds is 7. The summed E-state index contributed by atoms with van der Waals surface area (Å²) in [5.41, 5.74) is 0.0956. The molecule has 1 fully saturated rings. The average Bonchev–Trinajstić information content (AvgIpc) is 2.55. The lowest BCUT2D eigenvalue weighted by atomic mass is 9.70. The van der Waals surface area contributed by atoms with Crippen molar-refractivity contribution in [1.82, 2.24) is 4.90 Å². The molecule has 5 heteroatoms. The Kier molecular flexibility index (Phi) is 8.23. The molecule has 136 valence electrons. The molecule has 3 unspecified atom stereocenters. The predicted molar refractivity (Wildman–Crippen MR) is 100.0 cm³/mol. The summed E-state index contributed by atoms with van der Waals surface area (Å²) in [5.74, 6) is 0.901. The van der Waals surface area contributed by atoms with Crippen molar-refractivity contribution in [3.63, 3.8) is 0 Å². The van der Waals surface area contributed by atoms with Crippen LogP contribution in [0.25, 0.3) is 0 Å². The number of hydrogen-bond acceptors (Lipinski definition) is 4. The van der Waals surface area contributed by atoms with E-state index in [1.165, 1.54) is 0 Å². The van der Waals surface area contributed by atoms with Crippen LogP contribution in [0.5, 0.6) is 5.75 Å². The minimum Gasteiger partial charge on any atom is -0.497 e. The zero-order valence-corrected chi connectivity index (χ0v) is 15.7. The summed E-state index contributed by atoms with van der Waals surface area (Å²) in [5, 5.41) is 11.5. The van der Waals surface area contributed by atoms with Crippen molar-refractivity contribution >= 4 is 12.4 Å². The first-order chi connectivity index (χ1) is 11.0. The van der Waals surface area contributed by atoms with E-state index in [0.29, 0.717) is 13.0 Å². The van der Waals surface area contributed by atoms with Crippen molar-refractivity contribution in [2.24, 2.45) is 5.92 Å². The molecule has 0 amide bonds. The summed E-state index contributed by atoms with van der Waals surface area (Å²) in [6.45, 7) is 5.10. The molecule has 0 radical (unpaired) electrons. The second-order valence-corrected chi connectivity index (χ2v) is 6.63. The minimum atomic E-state index is -0.840. The van der Waals surface area contributed by atoms with Crippen LogP contribution < -0.4 is 4.74 Å². The minimum absolute atomic E-state index is 0. The van der Waals surface area contributed by atoms with Gasteiger partial charge in [0.1, 0.15) is 5.75 Å². The van der Waals surface area contributed by atoms with E-state index in [1.807, 2.05) is 38.4 Å². The molecule has 3 atom stereocenters. The second kappa shape index (κ2) is 9.42. The first-order valence-corrected chi connectivity index (χ1v) is 8.23. The Balaban J connectivity index is 0.00000288. The summed E-state index contributed by atoms with van der Waals surface area (Å²) in [6, 6.07) is 7.80. The Hall–Kier alpha value is -1.07. The number of hydrogen-bond donors (Lipinski definition) is 1. The number of aliphatic hydroxyl groups is 1. The van der Waals surface area contributed by atoms with Crippen LogP contribution in [0.15, 0.2) is 36.9 Å². The van der Waals surface area contributed by atoms with Gasteiger partial charge in [0.15, 0.2) is 0 Å². The maximum atomic E-state index is 11.5. The monoisotopic (exact) mass is 355 g/mol. The molecule has 1 aromatic carbocycles. The van der Waals surface area contributed by atoms with Crippen LogP contribution in [0.3, 0.4) is 0 Å². The Morgan fingerprint density at radius 3 is 2.79 bits per heavy atom. The van der Waals surface area contributed by atoms with Crippen molar-refractivity contribution in [1.29, 1.82) is 0 Å². The molecule has 0 spiro atoms. The first kappa shape index (κ1) is 21.0. The largest absolute Gasteiger partial charge is 0.497 e. The van der Waals surface area contributed by atoms with Crippen molar-refractivity contribution < 1.29 is 14.6 Å². The Morgan fingerprint density at radius 1 is 1.42 bits per heavy atom. The standard InChI is InChI=1S/C19H29NO3.ClH/c1-5-11-23-18-9-10-19(21,16(13-18)14-20(2)3)15-7-6-8-17(12-15)22-4;/h5-8,12,16,18,21H,1,9-11,13-14H2,2-4H3;1H. The van der Waals surface area contributed by atoms with Gasteiger partial charge in [0.2, 0.25) is 0 Å². The quantitative estimate of drug-likeness (QED) is 0.762. The molecule has 4 nitrogen and oxygen atoms in total. The zero-order valence-electron chi connectivity index (χ0n) is 14.9. The van der Waals surface area contributed by atoms with Crippen molar-refractivity contribution in [3.8, 4) is 5.75 Å². The van der Waals surface area contributed by atoms with Gasteiger partial charge in [-0.3, -0.25) is 0 Å². The van der Waals surface area contributed by atoms with Crippen LogP contribution >= 0.6 is 12.4 Å². The molecule has 24 heavy (non-hydrogen) atoms. The lowest BCUT2D eigenvalue weighted by Crippen LogP contribution is -2.46. The third kappa shape index (κ3) is 4.96. The topological polar surface area (TPSA) is 41.9 Å². The van der Waals surface area contributed by atoms with Crippen LogP contribution in [0, 0.1) is 5.92 Å². The van der Waals surface area contributed by atoms with E-state index in [-0.39, 0.29) is 24.4 Å². The first-order valence-electron chi connectivity index (χ1n) is 8.23. The highest BCUT2D eigenvalue weighted by Gasteiger charge is 2.43. The number of methoxy groups -OCH3 is 1. The molecular formula is C19H30ClNO3. The fourth-order valence-corrected chi connectivity index (χ4v) is 3.51. The van der Waals surface area contributed by atoms with Crippen LogP contribution in [-0.2, 0) is 10.3 Å². The van der Waals surface area contributed by atoms with Gasteiger partial charge in [-0.25, -0.2) is 0 Å². The maximum absolute atomic E-state index is 11.5. The number of nitrogens with zero attached hydrogens (tertiary/aromatic N) is 1. The number of halogens is 1. The summed E-state index contributed by atoms with van der Waals surface area (Å²) in [6.07, 6.45) is 4.36. The van der Waals surface area contributed by atoms with Gasteiger partial charge >= 0.3 is 0 Å². The van der Waals surface area contributed by atoms with E-state index in [0.717, 1.165) is 30.7 Å². The van der Waals surface area contributed by atoms with E-state index in [1.54, 1.807) is 13.2 Å². The fourth-order valence-electron chi connectivity index (χ4n) is 3.51. The van der Waals surface area contributed by atoms with E-state index < -0.39 is 5.60 Å². The predicted octanol–water partition coefficient (Wildman–Crippen LogP) is 3.24. The maximum Gasteiger partial charge on any atom is 0.119 e. The van der Waals surface area contributed by atoms with E-state index >= 15 is 0 Å². The van der Waals surface area contributed by atoms with Gasteiger partial charge in [-0.05, 0) is 51.1 Å². The smallest absolute Gasteiger partial charge is 0.119 e. The second-order valence-electron chi connectivity index (χ2n) is 6.63. The molecular weight excluding hydrogens is 326 g/mol. The molecule has 1 aliphatic rings. The highest BCUT2D eigenvalue weighted by molar-refractivity contribution is 5.85. The molecule has 0 aromatic heterocycles. The number of ether oxygens (including phenoxy) is 2. The third-order valence-electron chi connectivity index (χ3n) is 4.68. The average molecular weight is 356 g/mol. The third-order valence-corrected chi connectivity index (χ3v) is 4.68. The molecule has 2 rings (SSSR count). The molecule has 1 aliphatic carbocycles. The van der Waals surface area contributed by atoms with Gasteiger partial charge in [0.25, 0.3) is 0 Å². The lowest BCUT2D eigenvalue weighted by molar-refractivity contribution is -0.104. The normalized spacial score (nSPS) is 26.7. The van der Waals surface area contributed by atoms with E-state index in [2.05, 4.69) is 11.5 Å². The summed E-state index contributed by atoms with van der Waals surface area (Å²) in [7, 11) is 5.74. The fraction of sp³-hybridized carbons (Fsp3) is 0.579. The number of benzene rings is 1. The summed E-state index contributed by atoms with van der Waals surface area (Å²) >= 11 is 0. The summed E-state index contributed by atoms with van der Waals surface area (Å²) < 4.78 is 11.2. The molecule has 1 N–H and O–H groups in total. The van der Waals surface area contributed by atoms with Crippen LogP contribution in [0.1, 0.15) is 24.8 Å². The van der Waals surface area contributed by atoms with Crippen LogP contribution in [-0.4, -0.2) is 50.5 Å². The Morgan fingerprint density at radius 2 is 2.17 bits per heavy atom. The Labute approximate surface area is 151 Å². The molecule has 0 bridgehead atoms. The molecule has 0 saturated heterocycles. The van der Waals surface area contributed by atoms with Crippen molar-refractivity contribution in [3.05, 3.63) is 42.5 Å². The van der Waals surface area contributed by atoms with Gasteiger partial charge in [-0.15, -0.1) is 19.0 Å². The van der Waals surface area contributed by atoms with Gasteiger partial charge in [0.05, 0.1) is 25.4 Å². The van der Waals surface area contributed by atoms with Gasteiger partial charge in [-0.2, -0.15) is 0 Å². The zero-order chi connectivity index (χ0) is 16.9. The molecule has 0 heterocycles. The lowest BCUT2D eigenvalue weighted by Gasteiger charge is -2.44. The van der Waals surface area contributed by atoms with Gasteiger partial charge < -0.3 is 19.5 Å². The molecule has 1 aromatic rings. The van der Waals surface area contributed by atoms with Crippen molar-refractivity contribution in [2.75, 3.05) is 34.4 Å². The van der Waals surface area contributed by atoms with Crippen LogP contribution in [0.4, 0.5) is 0 Å². The molecule has 0 aliphatic heterocycles. The highest BCUT2D eigenvalue weighted by Crippen LogP contribution is 2.43. The Bertz CT molecular complexity index is 523. The van der Waals surface area contributed by atoms with Gasteiger partial charge in [0, 0.05) is 12.5 Å². The van der Waals surface area contributed by atoms with Crippen LogP contribution in [0.2, 0.25) is 0 Å². The molecule has 1 saturated carbocycles. The van der Waals surface area contributed by atoms with Crippen molar-refractivity contribution in [2.45, 2.75) is 31.0 Å². The summed E-state index contributed by atoms with van der Waals surface area (Å²) in [4.78, 5) is 2.13. The van der Waals surface area contributed by atoms with Gasteiger partial charge in [-0.1, -0.05) is 18.2 Å². The van der Waals surface area contributed by atoms with E-state index in [9.17, 15) is 5.11 Å². The van der Waals surface area contributed by atoms with E-state index in [4.69, 9.17) is 9.47 Å². The SMILES string of the molecule is C=CCOC1CCC(O)(c2cccc(OC)c2)C(CN(C)C)C1.Cl. The highest BCUT2D eigenvalue weighted by atomic mass is 35.5.